The SMILES string of the molecule is O=C(Nc1cccc(Br)c1)c1cnc(N2CCCC2)nc1. The van der Waals surface area contributed by atoms with Gasteiger partial charge in [0.25, 0.3) is 5.91 Å². The van der Waals surface area contributed by atoms with Crippen molar-refractivity contribution < 1.29 is 4.79 Å². The topological polar surface area (TPSA) is 58.1 Å². The van der Waals surface area contributed by atoms with Crippen LogP contribution in [-0.2, 0) is 0 Å². The Morgan fingerprint density at radius 1 is 1.19 bits per heavy atom. The van der Waals surface area contributed by atoms with Gasteiger partial charge in [-0.15, -0.1) is 0 Å². The number of amides is 1. The number of halogens is 1. The molecule has 0 bridgehead atoms. The summed E-state index contributed by atoms with van der Waals surface area (Å²) >= 11 is 3.37. The van der Waals surface area contributed by atoms with E-state index < -0.39 is 0 Å². The van der Waals surface area contributed by atoms with Crippen molar-refractivity contribution in [2.45, 2.75) is 12.8 Å². The number of hydrogen-bond donors (Lipinski definition) is 1. The lowest BCUT2D eigenvalue weighted by molar-refractivity contribution is 0.102. The molecule has 1 amide bonds. The molecule has 1 aliphatic rings. The lowest BCUT2D eigenvalue weighted by atomic mass is 10.3. The molecule has 108 valence electrons. The molecule has 2 heterocycles. The molecule has 0 saturated carbocycles. The van der Waals surface area contributed by atoms with Crippen molar-refractivity contribution in [1.29, 1.82) is 0 Å². The first-order valence-corrected chi connectivity index (χ1v) is 7.65. The van der Waals surface area contributed by atoms with E-state index in [2.05, 4.69) is 36.1 Å². The molecule has 1 N–H and O–H groups in total. The molecule has 2 aromatic rings. The van der Waals surface area contributed by atoms with Gasteiger partial charge in [-0.25, -0.2) is 9.97 Å². The minimum absolute atomic E-state index is 0.207. The van der Waals surface area contributed by atoms with Crippen LogP contribution in [0.25, 0.3) is 0 Å². The fraction of sp³-hybridized carbons (Fsp3) is 0.267. The van der Waals surface area contributed by atoms with Gasteiger partial charge in [-0.2, -0.15) is 0 Å². The van der Waals surface area contributed by atoms with E-state index in [0.29, 0.717) is 11.5 Å². The van der Waals surface area contributed by atoms with Crippen molar-refractivity contribution >= 4 is 33.5 Å². The molecular weight excluding hydrogens is 332 g/mol. The molecular formula is C15H15BrN4O. The highest BCUT2D eigenvalue weighted by Crippen LogP contribution is 2.17. The third kappa shape index (κ3) is 3.39. The van der Waals surface area contributed by atoms with E-state index in [1.54, 1.807) is 12.4 Å². The molecule has 0 unspecified atom stereocenters. The van der Waals surface area contributed by atoms with E-state index in [1.807, 2.05) is 24.3 Å². The molecule has 1 aromatic heterocycles. The van der Waals surface area contributed by atoms with Gasteiger partial charge in [0, 0.05) is 35.6 Å². The Kier molecular flexibility index (Phi) is 4.15. The molecule has 1 aromatic carbocycles. The number of anilines is 2. The van der Waals surface area contributed by atoms with Crippen molar-refractivity contribution in [3.63, 3.8) is 0 Å². The van der Waals surface area contributed by atoms with E-state index in [-0.39, 0.29) is 5.91 Å². The third-order valence-electron chi connectivity index (χ3n) is 3.37. The minimum atomic E-state index is -0.207. The lowest BCUT2D eigenvalue weighted by Gasteiger charge is -2.14. The molecule has 1 fully saturated rings. The fourth-order valence-corrected chi connectivity index (χ4v) is 2.69. The van der Waals surface area contributed by atoms with Gasteiger partial charge in [0.2, 0.25) is 5.95 Å². The fourth-order valence-electron chi connectivity index (χ4n) is 2.29. The number of aromatic nitrogens is 2. The van der Waals surface area contributed by atoms with Gasteiger partial charge in [-0.3, -0.25) is 4.79 Å². The van der Waals surface area contributed by atoms with Crippen LogP contribution in [0.15, 0.2) is 41.1 Å². The van der Waals surface area contributed by atoms with Crippen LogP contribution in [0.4, 0.5) is 11.6 Å². The highest BCUT2D eigenvalue weighted by atomic mass is 79.9. The number of rotatable bonds is 3. The smallest absolute Gasteiger partial charge is 0.258 e. The van der Waals surface area contributed by atoms with Crippen molar-refractivity contribution in [3.8, 4) is 0 Å². The molecule has 0 radical (unpaired) electrons. The summed E-state index contributed by atoms with van der Waals surface area (Å²) in [7, 11) is 0. The largest absolute Gasteiger partial charge is 0.341 e. The Morgan fingerprint density at radius 3 is 2.57 bits per heavy atom. The maximum absolute atomic E-state index is 12.1. The number of carbonyl (C=O) groups is 1. The van der Waals surface area contributed by atoms with E-state index >= 15 is 0 Å². The van der Waals surface area contributed by atoms with Gasteiger partial charge in [0.1, 0.15) is 0 Å². The van der Waals surface area contributed by atoms with E-state index in [1.165, 1.54) is 12.8 Å². The normalized spacial score (nSPS) is 14.2. The van der Waals surface area contributed by atoms with Crippen molar-refractivity contribution in [3.05, 3.63) is 46.7 Å². The van der Waals surface area contributed by atoms with Gasteiger partial charge in [-0.1, -0.05) is 22.0 Å². The standard InChI is InChI=1S/C15H15BrN4O/c16-12-4-3-5-13(8-12)19-14(21)11-9-17-15(18-10-11)20-6-1-2-7-20/h3-5,8-10H,1-2,6-7H2,(H,19,21). The van der Waals surface area contributed by atoms with Crippen molar-refractivity contribution in [2.24, 2.45) is 0 Å². The Bertz CT molecular complexity index is 638. The monoisotopic (exact) mass is 346 g/mol. The predicted molar refractivity (Wildman–Crippen MR) is 85.6 cm³/mol. The van der Waals surface area contributed by atoms with Crippen molar-refractivity contribution in [1.82, 2.24) is 9.97 Å². The summed E-state index contributed by atoms with van der Waals surface area (Å²) in [4.78, 5) is 22.8. The van der Waals surface area contributed by atoms with Crippen LogP contribution in [0, 0.1) is 0 Å². The summed E-state index contributed by atoms with van der Waals surface area (Å²) in [6.07, 6.45) is 5.50. The van der Waals surface area contributed by atoms with Crippen LogP contribution in [0.5, 0.6) is 0 Å². The minimum Gasteiger partial charge on any atom is -0.341 e. The van der Waals surface area contributed by atoms with E-state index in [9.17, 15) is 4.79 Å². The van der Waals surface area contributed by atoms with Crippen LogP contribution < -0.4 is 10.2 Å². The third-order valence-corrected chi connectivity index (χ3v) is 3.87. The maximum Gasteiger partial charge on any atom is 0.258 e. The summed E-state index contributed by atoms with van der Waals surface area (Å²) in [5.41, 5.74) is 1.19. The van der Waals surface area contributed by atoms with Crippen LogP contribution in [0.3, 0.4) is 0 Å². The molecule has 3 rings (SSSR count). The number of carbonyl (C=O) groups excluding carboxylic acids is 1. The van der Waals surface area contributed by atoms with E-state index in [0.717, 1.165) is 23.2 Å². The Morgan fingerprint density at radius 2 is 1.90 bits per heavy atom. The molecule has 6 heteroatoms. The number of nitrogens with zero attached hydrogens (tertiary/aromatic N) is 3. The first kappa shape index (κ1) is 14.0. The molecule has 0 aliphatic carbocycles. The molecule has 0 spiro atoms. The summed E-state index contributed by atoms with van der Waals surface area (Å²) < 4.78 is 0.918. The van der Waals surface area contributed by atoms with Crippen LogP contribution in [0.2, 0.25) is 0 Å². The Hall–Kier alpha value is -1.95. The van der Waals surface area contributed by atoms with Gasteiger partial charge >= 0.3 is 0 Å². The first-order valence-electron chi connectivity index (χ1n) is 6.86. The molecule has 1 aliphatic heterocycles. The summed E-state index contributed by atoms with van der Waals surface area (Å²) in [5, 5.41) is 2.83. The van der Waals surface area contributed by atoms with E-state index in [4.69, 9.17) is 0 Å². The number of nitrogens with one attached hydrogen (secondary N) is 1. The molecule has 0 atom stereocenters. The number of hydrogen-bond acceptors (Lipinski definition) is 4. The highest BCUT2D eigenvalue weighted by molar-refractivity contribution is 9.10. The van der Waals surface area contributed by atoms with Gasteiger partial charge in [-0.05, 0) is 31.0 Å². The maximum atomic E-state index is 12.1. The second kappa shape index (κ2) is 6.22. The quantitative estimate of drug-likeness (QED) is 0.927. The molecule has 1 saturated heterocycles. The second-order valence-electron chi connectivity index (χ2n) is 4.93. The number of benzene rings is 1. The lowest BCUT2D eigenvalue weighted by Crippen LogP contribution is -2.21. The zero-order valence-electron chi connectivity index (χ0n) is 11.4. The second-order valence-corrected chi connectivity index (χ2v) is 5.85. The molecule has 5 nitrogen and oxygen atoms in total. The van der Waals surface area contributed by atoms with Gasteiger partial charge < -0.3 is 10.2 Å². The predicted octanol–water partition coefficient (Wildman–Crippen LogP) is 3.09. The van der Waals surface area contributed by atoms with Crippen LogP contribution in [-0.4, -0.2) is 29.0 Å². The zero-order valence-corrected chi connectivity index (χ0v) is 13.0. The summed E-state index contributed by atoms with van der Waals surface area (Å²) in [5.74, 6) is 0.493. The highest BCUT2D eigenvalue weighted by Gasteiger charge is 2.15. The summed E-state index contributed by atoms with van der Waals surface area (Å²) in [6.45, 7) is 1.98. The average molecular weight is 347 g/mol. The van der Waals surface area contributed by atoms with Gasteiger partial charge in [0.15, 0.2) is 0 Å². The summed E-state index contributed by atoms with van der Waals surface area (Å²) in [6, 6.07) is 7.45. The van der Waals surface area contributed by atoms with Crippen LogP contribution in [0.1, 0.15) is 23.2 Å². The molecule has 21 heavy (non-hydrogen) atoms. The van der Waals surface area contributed by atoms with Crippen molar-refractivity contribution in [2.75, 3.05) is 23.3 Å². The van der Waals surface area contributed by atoms with Gasteiger partial charge in [0.05, 0.1) is 5.56 Å². The first-order chi connectivity index (χ1) is 10.2. The zero-order chi connectivity index (χ0) is 14.7. The Labute approximate surface area is 131 Å². The average Bonchev–Trinajstić information content (AvgIpc) is 3.01. The Balaban J connectivity index is 1.70. The van der Waals surface area contributed by atoms with Crippen LogP contribution >= 0.6 is 15.9 Å².